The summed E-state index contributed by atoms with van der Waals surface area (Å²) in [5, 5.41) is 8.54. The first-order chi connectivity index (χ1) is 6.27. The first-order valence-corrected chi connectivity index (χ1v) is 4.37. The molecule has 0 aromatic heterocycles. The molecule has 1 aromatic carbocycles. The Hall–Kier alpha value is -1.06. The Balaban J connectivity index is 2.79. The summed E-state index contributed by atoms with van der Waals surface area (Å²) in [4.78, 5) is 0. The van der Waals surface area contributed by atoms with E-state index in [1.807, 2.05) is 32.0 Å². The molecule has 1 rings (SSSR count). The molecule has 0 radical (unpaired) electrons. The lowest BCUT2D eigenvalue weighted by Gasteiger charge is -2.07. The number of benzene rings is 1. The van der Waals surface area contributed by atoms with Crippen LogP contribution in [0.5, 0.6) is 5.75 Å². The summed E-state index contributed by atoms with van der Waals surface area (Å²) >= 11 is 0. The van der Waals surface area contributed by atoms with Crippen LogP contribution in [0.15, 0.2) is 18.2 Å². The van der Waals surface area contributed by atoms with Crippen LogP contribution in [-0.4, -0.2) is 11.8 Å². The third-order valence-electron chi connectivity index (χ3n) is 1.89. The molecule has 13 heavy (non-hydrogen) atoms. The molecule has 0 amide bonds. The van der Waals surface area contributed by atoms with Gasteiger partial charge < -0.3 is 9.94 Å². The molecule has 0 aliphatic rings. The zero-order valence-electron chi connectivity index (χ0n) is 8.00. The van der Waals surface area contributed by atoms with Crippen LogP contribution in [0.3, 0.4) is 0 Å². The Labute approximate surface area is 78.3 Å². The van der Waals surface area contributed by atoms with E-state index in [4.69, 9.17) is 9.94 Å². The topological polar surface area (TPSA) is 41.5 Å². The van der Waals surface area contributed by atoms with Gasteiger partial charge in [-0.25, -0.2) is 5.48 Å². The molecule has 0 saturated heterocycles. The molecule has 2 N–H and O–H groups in total. The lowest BCUT2D eigenvalue weighted by Crippen LogP contribution is -2.07. The lowest BCUT2D eigenvalue weighted by molar-refractivity contribution is 0.161. The van der Waals surface area contributed by atoms with Gasteiger partial charge in [-0.15, -0.1) is 0 Å². The minimum Gasteiger partial charge on any atom is -0.494 e. The van der Waals surface area contributed by atoms with Gasteiger partial charge in [0.25, 0.3) is 0 Å². The maximum Gasteiger partial charge on any atom is 0.119 e. The summed E-state index contributed by atoms with van der Waals surface area (Å²) in [5.74, 6) is 0.877. The van der Waals surface area contributed by atoms with E-state index in [2.05, 4.69) is 5.48 Å². The second kappa shape index (κ2) is 4.84. The van der Waals surface area contributed by atoms with Gasteiger partial charge in [0.05, 0.1) is 6.61 Å². The molecule has 0 saturated carbocycles. The fraction of sp³-hybridized carbons (Fsp3) is 0.400. The first-order valence-electron chi connectivity index (χ1n) is 4.37. The maximum atomic E-state index is 8.54. The Morgan fingerprint density at radius 1 is 1.46 bits per heavy atom. The Kier molecular flexibility index (Phi) is 3.73. The van der Waals surface area contributed by atoms with E-state index < -0.39 is 0 Å². The second-order valence-corrected chi connectivity index (χ2v) is 2.86. The highest BCUT2D eigenvalue weighted by molar-refractivity contribution is 5.34. The van der Waals surface area contributed by atoms with Gasteiger partial charge in [-0.05, 0) is 37.1 Å². The predicted octanol–water partition coefficient (Wildman–Crippen LogP) is 1.87. The van der Waals surface area contributed by atoms with Crippen molar-refractivity contribution in [3.05, 3.63) is 29.3 Å². The van der Waals surface area contributed by atoms with E-state index in [1.54, 1.807) is 0 Å². The predicted molar refractivity (Wildman–Crippen MR) is 51.0 cm³/mol. The second-order valence-electron chi connectivity index (χ2n) is 2.86. The normalized spacial score (nSPS) is 10.1. The van der Waals surface area contributed by atoms with Crippen LogP contribution < -0.4 is 10.2 Å². The molecule has 0 atom stereocenters. The molecule has 72 valence electrons. The smallest absolute Gasteiger partial charge is 0.119 e. The van der Waals surface area contributed by atoms with Gasteiger partial charge >= 0.3 is 0 Å². The van der Waals surface area contributed by atoms with Crippen LogP contribution in [0.25, 0.3) is 0 Å². The van der Waals surface area contributed by atoms with Crippen LogP contribution in [0.2, 0.25) is 0 Å². The van der Waals surface area contributed by atoms with Crippen molar-refractivity contribution in [1.82, 2.24) is 5.48 Å². The van der Waals surface area contributed by atoms with Crippen molar-refractivity contribution in [2.24, 2.45) is 0 Å². The lowest BCUT2D eigenvalue weighted by atomic mass is 10.1. The van der Waals surface area contributed by atoms with Gasteiger partial charge in [-0.3, -0.25) is 0 Å². The number of aryl methyl sites for hydroxylation is 1. The number of ether oxygens (including phenoxy) is 1. The van der Waals surface area contributed by atoms with Crippen molar-refractivity contribution in [1.29, 1.82) is 0 Å². The van der Waals surface area contributed by atoms with E-state index in [1.165, 1.54) is 0 Å². The van der Waals surface area contributed by atoms with Crippen molar-refractivity contribution in [3.63, 3.8) is 0 Å². The Bertz CT molecular complexity index is 274. The molecule has 0 heterocycles. The first kappa shape index (κ1) is 10.0. The summed E-state index contributed by atoms with van der Waals surface area (Å²) in [6.07, 6.45) is 0. The number of hydrogen-bond acceptors (Lipinski definition) is 3. The van der Waals surface area contributed by atoms with Gasteiger partial charge in [-0.1, -0.05) is 6.07 Å². The van der Waals surface area contributed by atoms with E-state index in [9.17, 15) is 0 Å². The van der Waals surface area contributed by atoms with Crippen LogP contribution in [0, 0.1) is 6.92 Å². The van der Waals surface area contributed by atoms with Crippen molar-refractivity contribution in [2.75, 3.05) is 6.61 Å². The van der Waals surface area contributed by atoms with E-state index in [0.717, 1.165) is 16.9 Å². The highest BCUT2D eigenvalue weighted by atomic mass is 16.5. The fourth-order valence-corrected chi connectivity index (χ4v) is 1.21. The molecular formula is C10H15NO2. The van der Waals surface area contributed by atoms with Gasteiger partial charge in [-0.2, -0.15) is 0 Å². The quantitative estimate of drug-likeness (QED) is 0.697. The monoisotopic (exact) mass is 181 g/mol. The average molecular weight is 181 g/mol. The number of nitrogens with one attached hydrogen (secondary N) is 1. The van der Waals surface area contributed by atoms with Crippen LogP contribution >= 0.6 is 0 Å². The van der Waals surface area contributed by atoms with Crippen molar-refractivity contribution < 1.29 is 9.94 Å². The molecule has 0 bridgehead atoms. The zero-order valence-corrected chi connectivity index (χ0v) is 8.00. The van der Waals surface area contributed by atoms with E-state index in [-0.39, 0.29) is 0 Å². The van der Waals surface area contributed by atoms with Crippen LogP contribution in [0.1, 0.15) is 18.1 Å². The third kappa shape index (κ3) is 2.72. The number of hydroxylamine groups is 1. The van der Waals surface area contributed by atoms with Crippen LogP contribution in [0.4, 0.5) is 0 Å². The highest BCUT2D eigenvalue weighted by Crippen LogP contribution is 2.16. The molecular weight excluding hydrogens is 166 g/mol. The third-order valence-corrected chi connectivity index (χ3v) is 1.89. The average Bonchev–Trinajstić information content (AvgIpc) is 2.10. The Morgan fingerprint density at radius 2 is 2.23 bits per heavy atom. The number of rotatable bonds is 4. The van der Waals surface area contributed by atoms with Crippen molar-refractivity contribution >= 4 is 0 Å². The SMILES string of the molecule is CCOc1ccc(CNO)c(C)c1. The van der Waals surface area contributed by atoms with Gasteiger partial charge in [0.15, 0.2) is 0 Å². The summed E-state index contributed by atoms with van der Waals surface area (Å²) < 4.78 is 5.34. The van der Waals surface area contributed by atoms with Crippen LogP contribution in [-0.2, 0) is 6.54 Å². The largest absolute Gasteiger partial charge is 0.494 e. The summed E-state index contributed by atoms with van der Waals surface area (Å²) in [5.41, 5.74) is 4.33. The summed E-state index contributed by atoms with van der Waals surface area (Å²) in [6, 6.07) is 5.82. The summed E-state index contributed by atoms with van der Waals surface area (Å²) in [7, 11) is 0. The minimum absolute atomic E-state index is 0.470. The highest BCUT2D eigenvalue weighted by Gasteiger charge is 1.99. The van der Waals surface area contributed by atoms with Crippen molar-refractivity contribution in [3.8, 4) is 5.75 Å². The summed E-state index contributed by atoms with van der Waals surface area (Å²) in [6.45, 7) is 5.10. The molecule has 0 unspecified atom stereocenters. The van der Waals surface area contributed by atoms with Gasteiger partial charge in [0, 0.05) is 6.54 Å². The van der Waals surface area contributed by atoms with E-state index in [0.29, 0.717) is 13.2 Å². The molecule has 3 heteroatoms. The molecule has 0 aliphatic heterocycles. The molecule has 0 spiro atoms. The maximum absolute atomic E-state index is 8.54. The molecule has 0 aliphatic carbocycles. The molecule has 3 nitrogen and oxygen atoms in total. The number of hydrogen-bond donors (Lipinski definition) is 2. The fourth-order valence-electron chi connectivity index (χ4n) is 1.21. The minimum atomic E-state index is 0.470. The zero-order chi connectivity index (χ0) is 9.68. The standard InChI is InChI=1S/C10H15NO2/c1-3-13-10-5-4-9(7-11-12)8(2)6-10/h4-6,11-12H,3,7H2,1-2H3. The molecule has 1 aromatic rings. The van der Waals surface area contributed by atoms with Crippen molar-refractivity contribution in [2.45, 2.75) is 20.4 Å². The van der Waals surface area contributed by atoms with Gasteiger partial charge in [0.1, 0.15) is 5.75 Å². The van der Waals surface area contributed by atoms with Gasteiger partial charge in [0.2, 0.25) is 0 Å². The Morgan fingerprint density at radius 3 is 2.77 bits per heavy atom. The van der Waals surface area contributed by atoms with E-state index >= 15 is 0 Å². The molecule has 0 fully saturated rings.